The van der Waals surface area contributed by atoms with E-state index in [1.165, 1.54) is 18.5 Å². The van der Waals surface area contributed by atoms with E-state index in [0.717, 1.165) is 27.7 Å². The Balaban J connectivity index is 1.22. The van der Waals surface area contributed by atoms with Crippen molar-refractivity contribution in [3.05, 3.63) is 96.3 Å². The van der Waals surface area contributed by atoms with Gasteiger partial charge in [0.2, 0.25) is 6.29 Å². The highest BCUT2D eigenvalue weighted by molar-refractivity contribution is 5.93. The van der Waals surface area contributed by atoms with E-state index in [1.807, 2.05) is 36.4 Å². The number of furan rings is 1. The largest absolute Gasteiger partial charge is 0.487 e. The van der Waals surface area contributed by atoms with Gasteiger partial charge in [-0.2, -0.15) is 0 Å². The summed E-state index contributed by atoms with van der Waals surface area (Å²) in [5.41, 5.74) is 9.77. The number of rotatable bonds is 7. The molecule has 0 unspecified atom stereocenters. The third kappa shape index (κ3) is 4.95. The summed E-state index contributed by atoms with van der Waals surface area (Å²) in [5, 5.41) is 4.13. The molecule has 3 heterocycles. The van der Waals surface area contributed by atoms with Gasteiger partial charge in [-0.1, -0.05) is 12.1 Å². The third-order valence-corrected chi connectivity index (χ3v) is 5.96. The summed E-state index contributed by atoms with van der Waals surface area (Å²) in [7, 11) is 0. The van der Waals surface area contributed by atoms with Crippen molar-refractivity contribution in [2.45, 2.75) is 12.9 Å². The second-order valence-electron chi connectivity index (χ2n) is 8.53. The smallest absolute Gasteiger partial charge is 0.217 e. The zero-order valence-corrected chi connectivity index (χ0v) is 19.7. The maximum atomic E-state index is 13.4. The molecule has 1 aliphatic rings. The van der Waals surface area contributed by atoms with Crippen molar-refractivity contribution in [3.8, 4) is 17.1 Å². The van der Waals surface area contributed by atoms with E-state index in [9.17, 15) is 4.39 Å². The maximum absolute atomic E-state index is 13.4. The number of nitrogens with one attached hydrogen (secondary N) is 1. The highest BCUT2D eigenvalue weighted by atomic mass is 19.1. The highest BCUT2D eigenvalue weighted by Gasteiger charge is 2.22. The number of benzene rings is 3. The van der Waals surface area contributed by atoms with E-state index in [2.05, 4.69) is 15.3 Å². The van der Waals surface area contributed by atoms with Gasteiger partial charge in [-0.15, -0.1) is 0 Å². The molecule has 0 aliphatic carbocycles. The van der Waals surface area contributed by atoms with Crippen molar-refractivity contribution in [3.63, 3.8) is 0 Å². The van der Waals surface area contributed by atoms with E-state index >= 15 is 0 Å². The van der Waals surface area contributed by atoms with Crippen LogP contribution in [0.4, 0.5) is 21.6 Å². The summed E-state index contributed by atoms with van der Waals surface area (Å²) >= 11 is 0. The zero-order chi connectivity index (χ0) is 25.2. The van der Waals surface area contributed by atoms with Gasteiger partial charge in [0.25, 0.3) is 0 Å². The van der Waals surface area contributed by atoms with Gasteiger partial charge >= 0.3 is 0 Å². The number of fused-ring (bicyclic) bond motifs is 1. The molecule has 0 bridgehead atoms. The Labute approximate surface area is 211 Å². The van der Waals surface area contributed by atoms with Crippen LogP contribution < -0.4 is 15.8 Å². The van der Waals surface area contributed by atoms with Crippen molar-refractivity contribution < 1.29 is 23.0 Å². The van der Waals surface area contributed by atoms with E-state index < -0.39 is 6.29 Å². The first kappa shape index (κ1) is 23.0. The Bertz CT molecular complexity index is 1570. The minimum atomic E-state index is -0.471. The number of nitrogens with two attached hydrogens (primary N) is 1. The van der Waals surface area contributed by atoms with Crippen molar-refractivity contribution in [2.75, 3.05) is 24.3 Å². The van der Waals surface area contributed by atoms with Crippen molar-refractivity contribution in [2.24, 2.45) is 0 Å². The van der Waals surface area contributed by atoms with E-state index in [-0.39, 0.29) is 12.4 Å². The van der Waals surface area contributed by atoms with Gasteiger partial charge < -0.3 is 29.7 Å². The molecule has 8 nitrogen and oxygen atoms in total. The molecule has 0 amide bonds. The Hall–Kier alpha value is -4.47. The fourth-order valence-corrected chi connectivity index (χ4v) is 4.15. The predicted molar refractivity (Wildman–Crippen MR) is 137 cm³/mol. The summed E-state index contributed by atoms with van der Waals surface area (Å²) < 4.78 is 36.2. The Morgan fingerprint density at radius 2 is 1.86 bits per heavy atom. The minimum absolute atomic E-state index is 0.210. The van der Waals surface area contributed by atoms with Gasteiger partial charge in [-0.05, 0) is 66.2 Å². The molecule has 0 atom stereocenters. The SMILES string of the molecule is Nc1cc(Nc2ncnc3ccc(-c4ccc(C5OCCO5)o4)cc23)ccc1OCc1cccc(F)c1. The molecule has 0 saturated carbocycles. The lowest BCUT2D eigenvalue weighted by molar-refractivity contribution is -0.0585. The molecule has 2 aromatic heterocycles. The topological polar surface area (TPSA) is 105 Å². The average Bonchev–Trinajstić information content (AvgIpc) is 3.61. The van der Waals surface area contributed by atoms with Gasteiger partial charge in [0.15, 0.2) is 5.76 Å². The number of anilines is 3. The van der Waals surface area contributed by atoms with Crippen LogP contribution in [0, 0.1) is 5.82 Å². The predicted octanol–water partition coefficient (Wildman–Crippen LogP) is 5.98. The molecular formula is C28H23FN4O4. The number of nitrogen functional groups attached to an aromatic ring is 1. The van der Waals surface area contributed by atoms with Crippen LogP contribution in [0.15, 0.2) is 83.5 Å². The molecule has 0 radical (unpaired) electrons. The summed E-state index contributed by atoms with van der Waals surface area (Å²) in [6.45, 7) is 1.31. The lowest BCUT2D eigenvalue weighted by atomic mass is 10.1. The summed E-state index contributed by atoms with van der Waals surface area (Å²) in [4.78, 5) is 8.83. The van der Waals surface area contributed by atoms with Crippen LogP contribution in [0.25, 0.3) is 22.2 Å². The van der Waals surface area contributed by atoms with Crippen molar-refractivity contribution in [1.29, 1.82) is 0 Å². The summed E-state index contributed by atoms with van der Waals surface area (Å²) in [6, 6.07) is 21.2. The van der Waals surface area contributed by atoms with Gasteiger partial charge in [-0.25, -0.2) is 14.4 Å². The average molecular weight is 499 g/mol. The second-order valence-corrected chi connectivity index (χ2v) is 8.53. The Kier molecular flexibility index (Phi) is 6.13. The Morgan fingerprint density at radius 1 is 0.973 bits per heavy atom. The van der Waals surface area contributed by atoms with Gasteiger partial charge in [0.05, 0.1) is 24.4 Å². The second kappa shape index (κ2) is 9.88. The first-order chi connectivity index (χ1) is 18.1. The number of ether oxygens (including phenoxy) is 3. The lowest BCUT2D eigenvalue weighted by Crippen LogP contribution is -2.01. The van der Waals surface area contributed by atoms with E-state index in [1.54, 1.807) is 24.3 Å². The number of halogens is 1. The van der Waals surface area contributed by atoms with Crippen LogP contribution in [0.2, 0.25) is 0 Å². The number of aromatic nitrogens is 2. The van der Waals surface area contributed by atoms with E-state index in [4.69, 9.17) is 24.4 Å². The normalized spacial score (nSPS) is 13.8. The van der Waals surface area contributed by atoms with Crippen molar-refractivity contribution in [1.82, 2.24) is 9.97 Å². The number of nitrogens with zero attached hydrogens (tertiary/aromatic N) is 2. The van der Waals surface area contributed by atoms with Crippen molar-refractivity contribution >= 4 is 28.1 Å². The number of hydrogen-bond donors (Lipinski definition) is 2. The fraction of sp³-hybridized carbons (Fsp3) is 0.143. The number of hydrogen-bond acceptors (Lipinski definition) is 8. The molecule has 37 heavy (non-hydrogen) atoms. The molecule has 3 N–H and O–H groups in total. The molecule has 1 fully saturated rings. The quantitative estimate of drug-likeness (QED) is 0.264. The molecule has 9 heteroatoms. The van der Waals surface area contributed by atoms with Crippen LogP contribution in [0.3, 0.4) is 0 Å². The summed E-state index contributed by atoms with van der Waals surface area (Å²) in [6.07, 6.45) is 1.03. The Morgan fingerprint density at radius 3 is 2.70 bits per heavy atom. The molecule has 1 saturated heterocycles. The molecule has 3 aromatic carbocycles. The first-order valence-corrected chi connectivity index (χ1v) is 11.7. The maximum Gasteiger partial charge on any atom is 0.217 e. The van der Waals surface area contributed by atoms with Gasteiger partial charge in [0.1, 0.15) is 36.1 Å². The third-order valence-electron chi connectivity index (χ3n) is 5.96. The van der Waals surface area contributed by atoms with Crippen LogP contribution in [0.1, 0.15) is 17.6 Å². The van der Waals surface area contributed by atoms with Crippen LogP contribution >= 0.6 is 0 Å². The zero-order valence-electron chi connectivity index (χ0n) is 19.7. The van der Waals surface area contributed by atoms with Crippen LogP contribution in [-0.2, 0) is 16.1 Å². The van der Waals surface area contributed by atoms with Crippen LogP contribution in [0.5, 0.6) is 5.75 Å². The molecule has 186 valence electrons. The lowest BCUT2D eigenvalue weighted by Gasteiger charge is -2.13. The first-order valence-electron chi connectivity index (χ1n) is 11.7. The fourth-order valence-electron chi connectivity index (χ4n) is 4.15. The standard InChI is InChI=1S/C28H23FN4O4/c29-19-3-1-2-17(12-19)15-36-25-7-5-20(14-22(25)30)33-27-21-13-18(4-6-23(21)31-16-32-27)24-8-9-26(37-24)28-34-10-11-35-28/h1-9,12-14,16,28H,10-11,15,30H2,(H,31,32,33). The van der Waals surface area contributed by atoms with Crippen LogP contribution in [-0.4, -0.2) is 23.2 Å². The highest BCUT2D eigenvalue weighted by Crippen LogP contribution is 2.33. The molecular weight excluding hydrogens is 475 g/mol. The molecule has 5 aromatic rings. The molecule has 1 aliphatic heterocycles. The summed E-state index contributed by atoms with van der Waals surface area (Å²) in [5.74, 6) is 2.14. The van der Waals surface area contributed by atoms with E-state index in [0.29, 0.717) is 42.0 Å². The minimum Gasteiger partial charge on any atom is -0.487 e. The molecule has 0 spiro atoms. The van der Waals surface area contributed by atoms with Gasteiger partial charge in [-0.3, -0.25) is 0 Å². The van der Waals surface area contributed by atoms with Gasteiger partial charge in [0, 0.05) is 16.6 Å². The molecule has 6 rings (SSSR count). The monoisotopic (exact) mass is 498 g/mol.